The Kier molecular flexibility index (Phi) is 4.52. The van der Waals surface area contributed by atoms with Gasteiger partial charge in [-0.15, -0.1) is 0 Å². The van der Waals surface area contributed by atoms with Crippen LogP contribution in [0.4, 0.5) is 0 Å². The summed E-state index contributed by atoms with van der Waals surface area (Å²) in [5.41, 5.74) is 0.387. The van der Waals surface area contributed by atoms with Crippen molar-refractivity contribution in [2.75, 3.05) is 14.2 Å². The number of carbonyl (C=O) groups excluding carboxylic acids is 2. The molecule has 0 saturated heterocycles. The van der Waals surface area contributed by atoms with Gasteiger partial charge in [0.15, 0.2) is 0 Å². The average Bonchev–Trinajstić information content (AvgIpc) is 2.35. The molecule has 0 aliphatic heterocycles. The zero-order chi connectivity index (χ0) is 12.1. The fraction of sp³-hybridized carbons (Fsp3) is 0.667. The van der Waals surface area contributed by atoms with Gasteiger partial charge in [-0.2, -0.15) is 0 Å². The van der Waals surface area contributed by atoms with Gasteiger partial charge in [0, 0.05) is 11.5 Å². The van der Waals surface area contributed by atoms with E-state index in [1.165, 1.54) is 14.2 Å². The summed E-state index contributed by atoms with van der Waals surface area (Å²) in [6, 6.07) is 0. The summed E-state index contributed by atoms with van der Waals surface area (Å²) in [6.45, 7) is 3.73. The molecule has 4 heteroatoms. The average molecular weight is 226 g/mol. The number of methoxy groups -OCH3 is 2. The van der Waals surface area contributed by atoms with E-state index < -0.39 is 5.97 Å². The Balaban J connectivity index is 2.77. The van der Waals surface area contributed by atoms with E-state index in [1.54, 1.807) is 0 Å². The van der Waals surface area contributed by atoms with E-state index in [-0.39, 0.29) is 17.8 Å². The third-order valence-corrected chi connectivity index (χ3v) is 3.17. The lowest BCUT2D eigenvalue weighted by Gasteiger charge is -2.29. The second-order valence-corrected chi connectivity index (χ2v) is 4.04. The van der Waals surface area contributed by atoms with Crippen LogP contribution in [-0.2, 0) is 19.1 Å². The number of hydrogen-bond acceptors (Lipinski definition) is 4. The number of esters is 2. The summed E-state index contributed by atoms with van der Waals surface area (Å²) < 4.78 is 9.39. The summed E-state index contributed by atoms with van der Waals surface area (Å²) in [5.74, 6) is -1.06. The van der Waals surface area contributed by atoms with E-state index in [4.69, 9.17) is 4.74 Å². The highest BCUT2D eigenvalue weighted by atomic mass is 16.5. The molecule has 0 bridgehead atoms. The van der Waals surface area contributed by atoms with Gasteiger partial charge >= 0.3 is 11.9 Å². The Labute approximate surface area is 95.6 Å². The van der Waals surface area contributed by atoms with E-state index in [2.05, 4.69) is 11.3 Å². The molecule has 0 aromatic heterocycles. The van der Waals surface area contributed by atoms with Crippen molar-refractivity contribution in [1.82, 2.24) is 0 Å². The zero-order valence-electron chi connectivity index (χ0n) is 9.82. The van der Waals surface area contributed by atoms with Gasteiger partial charge in [-0.3, -0.25) is 4.79 Å². The van der Waals surface area contributed by atoms with Crippen molar-refractivity contribution in [1.29, 1.82) is 0 Å². The van der Waals surface area contributed by atoms with Crippen molar-refractivity contribution >= 4 is 11.9 Å². The van der Waals surface area contributed by atoms with Gasteiger partial charge in [-0.1, -0.05) is 19.4 Å². The van der Waals surface area contributed by atoms with Crippen LogP contribution >= 0.6 is 0 Å². The molecule has 0 aromatic carbocycles. The summed E-state index contributed by atoms with van der Waals surface area (Å²) in [4.78, 5) is 23.0. The molecule has 1 aliphatic carbocycles. The van der Waals surface area contributed by atoms with Gasteiger partial charge in [0.1, 0.15) is 0 Å². The largest absolute Gasteiger partial charge is 0.469 e. The maximum Gasteiger partial charge on any atom is 0.333 e. The van der Waals surface area contributed by atoms with Crippen LogP contribution in [0.2, 0.25) is 0 Å². The Hall–Kier alpha value is -1.32. The van der Waals surface area contributed by atoms with Gasteiger partial charge in [-0.25, -0.2) is 4.79 Å². The molecule has 0 amide bonds. The minimum absolute atomic E-state index is 0.131. The fourth-order valence-corrected chi connectivity index (χ4v) is 2.26. The maximum absolute atomic E-state index is 11.6. The predicted molar refractivity (Wildman–Crippen MR) is 58.6 cm³/mol. The molecular weight excluding hydrogens is 208 g/mol. The molecule has 90 valence electrons. The highest BCUT2D eigenvalue weighted by molar-refractivity contribution is 5.89. The van der Waals surface area contributed by atoms with Crippen molar-refractivity contribution < 1.29 is 19.1 Å². The molecule has 0 N–H and O–H groups in total. The topological polar surface area (TPSA) is 52.6 Å². The van der Waals surface area contributed by atoms with Crippen LogP contribution in [0.15, 0.2) is 12.2 Å². The highest BCUT2D eigenvalue weighted by Gasteiger charge is 2.35. The van der Waals surface area contributed by atoms with Crippen molar-refractivity contribution in [2.24, 2.45) is 11.8 Å². The predicted octanol–water partition coefficient (Wildman–Crippen LogP) is 1.70. The van der Waals surface area contributed by atoms with Crippen LogP contribution < -0.4 is 0 Å². The lowest BCUT2D eigenvalue weighted by Crippen LogP contribution is -2.31. The number of hydrogen-bond donors (Lipinski definition) is 0. The molecule has 1 rings (SSSR count). The van der Waals surface area contributed by atoms with Gasteiger partial charge < -0.3 is 9.47 Å². The van der Waals surface area contributed by atoms with E-state index in [0.717, 1.165) is 25.7 Å². The first-order valence-electron chi connectivity index (χ1n) is 5.46. The Bertz CT molecular complexity index is 295. The number of carbonyl (C=O) groups is 2. The minimum Gasteiger partial charge on any atom is -0.469 e. The van der Waals surface area contributed by atoms with Crippen LogP contribution in [-0.4, -0.2) is 26.2 Å². The summed E-state index contributed by atoms with van der Waals surface area (Å²) in [5, 5.41) is 0. The van der Waals surface area contributed by atoms with Crippen LogP contribution in [0.1, 0.15) is 25.7 Å². The molecule has 1 aliphatic rings. The molecule has 1 fully saturated rings. The molecule has 0 spiro atoms. The van der Waals surface area contributed by atoms with Crippen molar-refractivity contribution in [3.05, 3.63) is 12.2 Å². The monoisotopic (exact) mass is 226 g/mol. The second kappa shape index (κ2) is 5.68. The maximum atomic E-state index is 11.6. The van der Waals surface area contributed by atoms with E-state index in [9.17, 15) is 9.59 Å². The van der Waals surface area contributed by atoms with Crippen LogP contribution in [0.25, 0.3) is 0 Å². The second-order valence-electron chi connectivity index (χ2n) is 4.04. The molecule has 0 radical (unpaired) electrons. The van der Waals surface area contributed by atoms with E-state index in [1.807, 2.05) is 0 Å². The standard InChI is InChI=1S/C12H18O4/c1-8(11(13)15-2)9-6-4-5-7-10(9)12(14)16-3/h9-10H,1,4-7H2,2-3H3/t9-,10-/m1/s1. The van der Waals surface area contributed by atoms with E-state index in [0.29, 0.717) is 5.57 Å². The van der Waals surface area contributed by atoms with Crippen molar-refractivity contribution in [3.8, 4) is 0 Å². The minimum atomic E-state index is -0.430. The molecule has 2 atom stereocenters. The quantitative estimate of drug-likeness (QED) is 0.543. The molecule has 0 unspecified atom stereocenters. The van der Waals surface area contributed by atoms with Crippen molar-refractivity contribution in [3.63, 3.8) is 0 Å². The smallest absolute Gasteiger partial charge is 0.333 e. The van der Waals surface area contributed by atoms with Gasteiger partial charge in [0.05, 0.1) is 20.1 Å². The Morgan fingerprint density at radius 2 is 1.62 bits per heavy atom. The third kappa shape index (κ3) is 2.62. The molecule has 16 heavy (non-hydrogen) atoms. The Morgan fingerprint density at radius 3 is 2.12 bits per heavy atom. The lowest BCUT2D eigenvalue weighted by molar-refractivity contribution is -0.148. The van der Waals surface area contributed by atoms with Crippen LogP contribution in [0.5, 0.6) is 0 Å². The zero-order valence-corrected chi connectivity index (χ0v) is 9.82. The lowest BCUT2D eigenvalue weighted by atomic mass is 9.75. The van der Waals surface area contributed by atoms with Gasteiger partial charge in [0.25, 0.3) is 0 Å². The van der Waals surface area contributed by atoms with Gasteiger partial charge in [0.2, 0.25) is 0 Å². The molecular formula is C12H18O4. The number of ether oxygens (including phenoxy) is 2. The SMILES string of the molecule is C=C(C(=O)OC)[C@H]1CCCC[C@H]1C(=O)OC. The molecule has 1 saturated carbocycles. The normalized spacial score (nSPS) is 24.6. The third-order valence-electron chi connectivity index (χ3n) is 3.17. The first-order chi connectivity index (χ1) is 7.61. The summed E-state index contributed by atoms with van der Waals surface area (Å²) >= 11 is 0. The molecule has 4 nitrogen and oxygen atoms in total. The summed E-state index contributed by atoms with van der Waals surface area (Å²) in [7, 11) is 2.69. The molecule has 0 heterocycles. The number of rotatable bonds is 3. The first kappa shape index (κ1) is 12.7. The Morgan fingerprint density at radius 1 is 1.06 bits per heavy atom. The summed E-state index contributed by atoms with van der Waals surface area (Å²) in [6.07, 6.45) is 3.56. The van der Waals surface area contributed by atoms with E-state index >= 15 is 0 Å². The van der Waals surface area contributed by atoms with Crippen LogP contribution in [0, 0.1) is 11.8 Å². The fourth-order valence-electron chi connectivity index (χ4n) is 2.26. The van der Waals surface area contributed by atoms with Crippen LogP contribution in [0.3, 0.4) is 0 Å². The highest BCUT2D eigenvalue weighted by Crippen LogP contribution is 2.35. The first-order valence-corrected chi connectivity index (χ1v) is 5.46. The van der Waals surface area contributed by atoms with Gasteiger partial charge in [-0.05, 0) is 12.8 Å². The van der Waals surface area contributed by atoms with Crippen molar-refractivity contribution in [2.45, 2.75) is 25.7 Å². The molecule has 0 aromatic rings.